The van der Waals surface area contributed by atoms with Gasteiger partial charge in [0.15, 0.2) is 0 Å². The van der Waals surface area contributed by atoms with Crippen LogP contribution in [0.15, 0.2) is 6.20 Å². The molecule has 19 heavy (non-hydrogen) atoms. The fraction of sp³-hybridized carbons (Fsp3) is 0.455. The van der Waals surface area contributed by atoms with E-state index in [-0.39, 0.29) is 5.28 Å². The third-order valence-electron chi connectivity index (χ3n) is 2.60. The van der Waals surface area contributed by atoms with E-state index in [1.807, 2.05) is 13.2 Å². The highest BCUT2D eigenvalue weighted by Crippen LogP contribution is 2.12. The lowest BCUT2D eigenvalue weighted by Gasteiger charge is -2.06. The first kappa shape index (κ1) is 13.5. The molecule has 0 aliphatic carbocycles. The summed E-state index contributed by atoms with van der Waals surface area (Å²) in [7, 11) is 3.63. The molecule has 7 nitrogen and oxygen atoms in total. The van der Waals surface area contributed by atoms with Gasteiger partial charge in [-0.15, -0.1) is 0 Å². The first-order chi connectivity index (χ1) is 9.12. The molecule has 0 saturated carbocycles. The lowest BCUT2D eigenvalue weighted by Crippen LogP contribution is -2.07. The van der Waals surface area contributed by atoms with Crippen LogP contribution in [-0.2, 0) is 20.0 Å². The van der Waals surface area contributed by atoms with Crippen LogP contribution in [-0.4, -0.2) is 31.8 Å². The molecule has 0 aromatic carbocycles. The largest absolute Gasteiger partial charge is 0.357 e. The molecule has 2 rings (SSSR count). The van der Waals surface area contributed by atoms with Crippen LogP contribution in [0.4, 0.5) is 11.9 Å². The van der Waals surface area contributed by atoms with E-state index in [2.05, 4.69) is 37.6 Å². The summed E-state index contributed by atoms with van der Waals surface area (Å²) in [5.41, 5.74) is 2.18. The highest BCUT2D eigenvalue weighted by atomic mass is 35.5. The maximum atomic E-state index is 5.81. The maximum Gasteiger partial charge on any atom is 0.229 e. The number of aryl methyl sites for hydroxylation is 2. The monoisotopic (exact) mass is 281 g/mol. The van der Waals surface area contributed by atoms with Crippen molar-refractivity contribution < 1.29 is 0 Å². The van der Waals surface area contributed by atoms with Gasteiger partial charge in [0.25, 0.3) is 0 Å². The minimum atomic E-state index is 0.156. The Labute approximate surface area is 116 Å². The van der Waals surface area contributed by atoms with Gasteiger partial charge in [-0.2, -0.15) is 20.1 Å². The average molecular weight is 282 g/mol. The van der Waals surface area contributed by atoms with Crippen LogP contribution in [0.3, 0.4) is 0 Å². The Hall–Kier alpha value is -1.89. The Bertz CT molecular complexity index is 566. The lowest BCUT2D eigenvalue weighted by atomic mass is 10.2. The number of hydrogen-bond acceptors (Lipinski definition) is 6. The first-order valence-corrected chi connectivity index (χ1v) is 6.34. The van der Waals surface area contributed by atoms with Gasteiger partial charge < -0.3 is 10.6 Å². The highest BCUT2D eigenvalue weighted by Gasteiger charge is 2.08. The normalized spacial score (nSPS) is 10.5. The van der Waals surface area contributed by atoms with Crippen LogP contribution in [0.1, 0.15) is 18.2 Å². The van der Waals surface area contributed by atoms with Crippen molar-refractivity contribution in [3.05, 3.63) is 22.7 Å². The van der Waals surface area contributed by atoms with Crippen molar-refractivity contribution in [3.63, 3.8) is 0 Å². The lowest BCUT2D eigenvalue weighted by molar-refractivity contribution is 0.746. The summed E-state index contributed by atoms with van der Waals surface area (Å²) in [4.78, 5) is 12.1. The van der Waals surface area contributed by atoms with Crippen molar-refractivity contribution >= 4 is 23.5 Å². The van der Waals surface area contributed by atoms with Crippen molar-refractivity contribution in [1.82, 2.24) is 24.7 Å². The molecule has 0 atom stereocenters. The molecule has 8 heteroatoms. The van der Waals surface area contributed by atoms with Gasteiger partial charge in [-0.1, -0.05) is 6.92 Å². The second kappa shape index (κ2) is 5.83. The van der Waals surface area contributed by atoms with E-state index in [4.69, 9.17) is 11.6 Å². The Balaban J connectivity index is 2.11. The first-order valence-electron chi connectivity index (χ1n) is 5.97. The van der Waals surface area contributed by atoms with Crippen LogP contribution < -0.4 is 10.6 Å². The van der Waals surface area contributed by atoms with Crippen molar-refractivity contribution in [2.75, 3.05) is 17.7 Å². The zero-order chi connectivity index (χ0) is 13.8. The van der Waals surface area contributed by atoms with E-state index >= 15 is 0 Å². The third-order valence-corrected chi connectivity index (χ3v) is 2.76. The number of rotatable bonds is 5. The predicted octanol–water partition coefficient (Wildman–Crippen LogP) is 1.47. The molecule has 0 bridgehead atoms. The molecule has 2 aromatic rings. The zero-order valence-electron chi connectivity index (χ0n) is 11.1. The van der Waals surface area contributed by atoms with Crippen molar-refractivity contribution in [1.29, 1.82) is 0 Å². The summed E-state index contributed by atoms with van der Waals surface area (Å²) in [5, 5.41) is 10.5. The summed E-state index contributed by atoms with van der Waals surface area (Å²) in [6.45, 7) is 2.67. The number of halogens is 1. The Morgan fingerprint density at radius 1 is 1.26 bits per heavy atom. The number of nitrogens with one attached hydrogen (secondary N) is 2. The van der Waals surface area contributed by atoms with Crippen LogP contribution in [0, 0.1) is 0 Å². The summed E-state index contributed by atoms with van der Waals surface area (Å²) in [6, 6.07) is 0. The van der Waals surface area contributed by atoms with Gasteiger partial charge in [0.05, 0.1) is 5.69 Å². The molecule has 0 fully saturated rings. The molecular weight excluding hydrogens is 266 g/mol. The molecule has 2 N–H and O–H groups in total. The molecule has 0 spiro atoms. The molecule has 0 aliphatic rings. The molecular formula is C11H16ClN7. The number of hydrogen-bond donors (Lipinski definition) is 2. The smallest absolute Gasteiger partial charge is 0.229 e. The van der Waals surface area contributed by atoms with E-state index in [1.54, 1.807) is 11.7 Å². The van der Waals surface area contributed by atoms with Crippen molar-refractivity contribution in [3.8, 4) is 0 Å². The topological polar surface area (TPSA) is 80.5 Å². The maximum absolute atomic E-state index is 5.81. The van der Waals surface area contributed by atoms with Crippen molar-refractivity contribution in [2.45, 2.75) is 19.9 Å². The Morgan fingerprint density at radius 3 is 2.68 bits per heavy atom. The molecule has 0 aliphatic heterocycles. The van der Waals surface area contributed by atoms with Gasteiger partial charge >= 0.3 is 0 Å². The van der Waals surface area contributed by atoms with E-state index in [1.165, 1.54) is 0 Å². The number of nitrogens with zero attached hydrogens (tertiary/aromatic N) is 5. The standard InChI is InChI=1S/C11H16ClN7/c1-4-8-7(6-19(3)18-8)5-14-11-16-9(12)15-10(13-2)17-11/h6H,4-5H2,1-3H3,(H2,13,14,15,16,17). The van der Waals surface area contributed by atoms with Crippen LogP contribution in [0.25, 0.3) is 0 Å². The van der Waals surface area contributed by atoms with E-state index < -0.39 is 0 Å². The zero-order valence-corrected chi connectivity index (χ0v) is 11.9. The number of anilines is 2. The Morgan fingerprint density at radius 2 is 2.00 bits per heavy atom. The fourth-order valence-corrected chi connectivity index (χ4v) is 1.90. The summed E-state index contributed by atoms with van der Waals surface area (Å²) in [5.74, 6) is 0.875. The summed E-state index contributed by atoms with van der Waals surface area (Å²) in [6.07, 6.45) is 2.87. The average Bonchev–Trinajstić information content (AvgIpc) is 2.76. The molecule has 0 unspecified atom stereocenters. The van der Waals surface area contributed by atoms with Crippen LogP contribution in [0.2, 0.25) is 5.28 Å². The molecule has 102 valence electrons. The molecule has 0 saturated heterocycles. The van der Waals surface area contributed by atoms with E-state index in [9.17, 15) is 0 Å². The predicted molar refractivity (Wildman–Crippen MR) is 74.3 cm³/mol. The summed E-state index contributed by atoms with van der Waals surface area (Å²) < 4.78 is 1.80. The summed E-state index contributed by atoms with van der Waals surface area (Å²) >= 11 is 5.81. The van der Waals surface area contributed by atoms with Gasteiger partial charge in [-0.3, -0.25) is 4.68 Å². The van der Waals surface area contributed by atoms with Gasteiger partial charge in [-0.25, -0.2) is 0 Å². The third kappa shape index (κ3) is 3.31. The second-order valence-electron chi connectivity index (χ2n) is 3.98. The van der Waals surface area contributed by atoms with Gasteiger partial charge in [0.2, 0.25) is 17.2 Å². The van der Waals surface area contributed by atoms with Gasteiger partial charge in [-0.05, 0) is 18.0 Å². The highest BCUT2D eigenvalue weighted by molar-refractivity contribution is 6.28. The fourth-order valence-electron chi connectivity index (χ4n) is 1.74. The molecule has 0 radical (unpaired) electrons. The molecule has 0 amide bonds. The molecule has 2 heterocycles. The SMILES string of the molecule is CCc1nn(C)cc1CNc1nc(Cl)nc(NC)n1. The van der Waals surface area contributed by atoms with Gasteiger partial charge in [0.1, 0.15) is 0 Å². The van der Waals surface area contributed by atoms with Gasteiger partial charge in [0, 0.05) is 32.4 Å². The van der Waals surface area contributed by atoms with Crippen molar-refractivity contribution in [2.24, 2.45) is 7.05 Å². The van der Waals surface area contributed by atoms with E-state index in [0.717, 1.165) is 17.7 Å². The second-order valence-corrected chi connectivity index (χ2v) is 4.32. The van der Waals surface area contributed by atoms with Crippen LogP contribution in [0.5, 0.6) is 0 Å². The Kier molecular flexibility index (Phi) is 4.16. The van der Waals surface area contributed by atoms with E-state index in [0.29, 0.717) is 18.4 Å². The van der Waals surface area contributed by atoms with Crippen LogP contribution >= 0.6 is 11.6 Å². The minimum Gasteiger partial charge on any atom is -0.357 e. The molecule has 2 aromatic heterocycles. The minimum absolute atomic E-state index is 0.156. The number of aromatic nitrogens is 5. The quantitative estimate of drug-likeness (QED) is 0.864.